The minimum atomic E-state index is -0.307. The van der Waals surface area contributed by atoms with Crippen LogP contribution in [0.4, 0.5) is 10.1 Å². The van der Waals surface area contributed by atoms with E-state index in [1.165, 1.54) is 37.1 Å². The van der Waals surface area contributed by atoms with E-state index in [1.54, 1.807) is 17.0 Å². The molecule has 1 aliphatic rings. The molecule has 32 heavy (non-hydrogen) atoms. The van der Waals surface area contributed by atoms with Gasteiger partial charge in [-0.05, 0) is 67.6 Å². The molecule has 0 saturated carbocycles. The quantitative estimate of drug-likeness (QED) is 0.505. The fourth-order valence-electron chi connectivity index (χ4n) is 3.98. The predicted molar refractivity (Wildman–Crippen MR) is 122 cm³/mol. The lowest BCUT2D eigenvalue weighted by Gasteiger charge is -2.29. The van der Waals surface area contributed by atoms with Crippen molar-refractivity contribution in [1.82, 2.24) is 15.0 Å². The van der Waals surface area contributed by atoms with Crippen molar-refractivity contribution in [3.63, 3.8) is 0 Å². The molecule has 1 amide bonds. The number of amides is 1. The highest BCUT2D eigenvalue weighted by atomic mass is 19.1. The standard InChI is InChI=1S/C25H29FN4O2/c1-29(18-19-8-14-22(15-9-19)30-16-3-2-4-17-30)24(31)7-5-6-23-27-25(28-32-23)20-10-12-21(26)13-11-20/h8-15H,2-7,16-18H2,1H3. The third-order valence-corrected chi connectivity index (χ3v) is 5.85. The van der Waals surface area contributed by atoms with E-state index in [1.807, 2.05) is 7.05 Å². The Hall–Kier alpha value is -3.22. The second-order valence-electron chi connectivity index (χ2n) is 8.34. The van der Waals surface area contributed by atoms with E-state index in [0.29, 0.717) is 43.1 Å². The van der Waals surface area contributed by atoms with Gasteiger partial charge in [0.15, 0.2) is 0 Å². The van der Waals surface area contributed by atoms with Crippen LogP contribution in [0.5, 0.6) is 0 Å². The van der Waals surface area contributed by atoms with Crippen LogP contribution in [-0.4, -0.2) is 41.1 Å². The molecule has 0 bridgehead atoms. The molecule has 1 aliphatic heterocycles. The molecule has 0 N–H and O–H groups in total. The second kappa shape index (κ2) is 10.4. The Labute approximate surface area is 188 Å². The van der Waals surface area contributed by atoms with Crippen molar-refractivity contribution >= 4 is 11.6 Å². The lowest BCUT2D eigenvalue weighted by molar-refractivity contribution is -0.130. The Morgan fingerprint density at radius 1 is 1.06 bits per heavy atom. The van der Waals surface area contributed by atoms with Crippen LogP contribution in [0.1, 0.15) is 43.6 Å². The number of hydrogen-bond acceptors (Lipinski definition) is 5. The van der Waals surface area contributed by atoms with Crippen LogP contribution < -0.4 is 4.90 Å². The molecule has 0 radical (unpaired) electrons. The summed E-state index contributed by atoms with van der Waals surface area (Å²) in [5.74, 6) is 0.686. The van der Waals surface area contributed by atoms with Crippen molar-refractivity contribution in [3.8, 4) is 11.4 Å². The fourth-order valence-corrected chi connectivity index (χ4v) is 3.98. The van der Waals surface area contributed by atoms with Crippen LogP contribution in [0, 0.1) is 5.82 Å². The molecule has 1 saturated heterocycles. The van der Waals surface area contributed by atoms with Gasteiger partial charge in [0.2, 0.25) is 17.6 Å². The summed E-state index contributed by atoms with van der Waals surface area (Å²) < 4.78 is 18.3. The summed E-state index contributed by atoms with van der Waals surface area (Å²) in [4.78, 5) is 21.1. The van der Waals surface area contributed by atoms with Crippen LogP contribution in [0.15, 0.2) is 53.1 Å². The number of halogens is 1. The maximum Gasteiger partial charge on any atom is 0.226 e. The zero-order valence-corrected chi connectivity index (χ0v) is 18.5. The monoisotopic (exact) mass is 436 g/mol. The molecule has 0 atom stereocenters. The summed E-state index contributed by atoms with van der Waals surface area (Å²) in [6, 6.07) is 14.5. The van der Waals surface area contributed by atoms with Gasteiger partial charge in [-0.3, -0.25) is 4.79 Å². The third kappa shape index (κ3) is 5.72. The van der Waals surface area contributed by atoms with Crippen molar-refractivity contribution in [3.05, 3.63) is 65.8 Å². The summed E-state index contributed by atoms with van der Waals surface area (Å²) in [5.41, 5.74) is 3.09. The molecule has 0 spiro atoms. The molecule has 1 fully saturated rings. The minimum absolute atomic E-state index is 0.0865. The van der Waals surface area contributed by atoms with Crippen molar-refractivity contribution in [2.75, 3.05) is 25.0 Å². The summed E-state index contributed by atoms with van der Waals surface area (Å²) in [5, 5.41) is 3.94. The molecule has 2 heterocycles. The van der Waals surface area contributed by atoms with Gasteiger partial charge in [0.25, 0.3) is 0 Å². The molecule has 168 valence electrons. The number of benzene rings is 2. The number of rotatable bonds is 8. The summed E-state index contributed by atoms with van der Waals surface area (Å²) in [6.07, 6.45) is 5.41. The first-order valence-corrected chi connectivity index (χ1v) is 11.2. The molecule has 7 heteroatoms. The van der Waals surface area contributed by atoms with Gasteiger partial charge in [0, 0.05) is 50.8 Å². The van der Waals surface area contributed by atoms with Gasteiger partial charge in [-0.2, -0.15) is 4.98 Å². The molecular weight excluding hydrogens is 407 g/mol. The Morgan fingerprint density at radius 2 is 1.78 bits per heavy atom. The van der Waals surface area contributed by atoms with E-state index in [9.17, 15) is 9.18 Å². The van der Waals surface area contributed by atoms with Gasteiger partial charge < -0.3 is 14.3 Å². The molecule has 4 rings (SSSR count). The topological polar surface area (TPSA) is 62.5 Å². The van der Waals surface area contributed by atoms with Gasteiger partial charge in [0.1, 0.15) is 5.82 Å². The molecular formula is C25H29FN4O2. The molecule has 0 unspecified atom stereocenters. The number of carbonyl (C=O) groups excluding carboxylic acids is 1. The van der Waals surface area contributed by atoms with E-state index >= 15 is 0 Å². The summed E-state index contributed by atoms with van der Waals surface area (Å²) >= 11 is 0. The average Bonchev–Trinajstić information content (AvgIpc) is 3.29. The zero-order valence-electron chi connectivity index (χ0n) is 18.5. The van der Waals surface area contributed by atoms with Crippen LogP contribution in [0.25, 0.3) is 11.4 Å². The molecule has 3 aromatic rings. The molecule has 0 aliphatic carbocycles. The van der Waals surface area contributed by atoms with E-state index in [-0.39, 0.29) is 11.7 Å². The van der Waals surface area contributed by atoms with Crippen molar-refractivity contribution in [1.29, 1.82) is 0 Å². The number of nitrogens with zero attached hydrogens (tertiary/aromatic N) is 4. The number of aromatic nitrogens is 2. The Kier molecular flexibility index (Phi) is 7.14. The second-order valence-corrected chi connectivity index (χ2v) is 8.34. The molecule has 1 aromatic heterocycles. The predicted octanol–water partition coefficient (Wildman–Crippen LogP) is 4.85. The minimum Gasteiger partial charge on any atom is -0.372 e. The van der Waals surface area contributed by atoms with E-state index in [0.717, 1.165) is 18.7 Å². The maximum absolute atomic E-state index is 13.0. The fraction of sp³-hybridized carbons (Fsp3) is 0.400. The number of hydrogen-bond donors (Lipinski definition) is 0. The number of piperidine rings is 1. The van der Waals surface area contributed by atoms with Gasteiger partial charge in [-0.25, -0.2) is 4.39 Å². The van der Waals surface area contributed by atoms with Crippen LogP contribution in [0.3, 0.4) is 0 Å². The van der Waals surface area contributed by atoms with E-state index in [2.05, 4.69) is 39.3 Å². The Morgan fingerprint density at radius 3 is 2.50 bits per heavy atom. The molecule has 2 aromatic carbocycles. The first-order valence-electron chi connectivity index (χ1n) is 11.2. The number of carbonyl (C=O) groups is 1. The first-order chi connectivity index (χ1) is 15.6. The number of aryl methyl sites for hydroxylation is 1. The van der Waals surface area contributed by atoms with Crippen molar-refractivity contribution < 1.29 is 13.7 Å². The largest absolute Gasteiger partial charge is 0.372 e. The van der Waals surface area contributed by atoms with Crippen LogP contribution in [0.2, 0.25) is 0 Å². The van der Waals surface area contributed by atoms with Crippen molar-refractivity contribution in [2.24, 2.45) is 0 Å². The zero-order chi connectivity index (χ0) is 22.3. The average molecular weight is 437 g/mol. The Balaban J connectivity index is 1.22. The summed E-state index contributed by atoms with van der Waals surface area (Å²) in [6.45, 7) is 2.85. The van der Waals surface area contributed by atoms with E-state index < -0.39 is 0 Å². The van der Waals surface area contributed by atoms with Gasteiger partial charge in [-0.1, -0.05) is 17.3 Å². The first kappa shape index (κ1) is 22.0. The SMILES string of the molecule is CN(Cc1ccc(N2CCCCC2)cc1)C(=O)CCCc1nc(-c2ccc(F)cc2)no1. The highest BCUT2D eigenvalue weighted by Gasteiger charge is 2.14. The van der Waals surface area contributed by atoms with Crippen LogP contribution >= 0.6 is 0 Å². The van der Waals surface area contributed by atoms with Crippen LogP contribution in [-0.2, 0) is 17.8 Å². The summed E-state index contributed by atoms with van der Waals surface area (Å²) in [7, 11) is 1.83. The highest BCUT2D eigenvalue weighted by molar-refractivity contribution is 5.75. The van der Waals surface area contributed by atoms with Gasteiger partial charge >= 0.3 is 0 Å². The maximum atomic E-state index is 13.0. The third-order valence-electron chi connectivity index (χ3n) is 5.85. The lowest BCUT2D eigenvalue weighted by Crippen LogP contribution is -2.29. The van der Waals surface area contributed by atoms with Crippen molar-refractivity contribution in [2.45, 2.75) is 45.1 Å². The van der Waals surface area contributed by atoms with E-state index in [4.69, 9.17) is 4.52 Å². The normalized spacial score (nSPS) is 13.9. The molecule has 6 nitrogen and oxygen atoms in total. The van der Waals surface area contributed by atoms with Gasteiger partial charge in [-0.15, -0.1) is 0 Å². The lowest BCUT2D eigenvalue weighted by atomic mass is 10.1. The van der Waals surface area contributed by atoms with Gasteiger partial charge in [0.05, 0.1) is 0 Å². The number of anilines is 1. The Bertz CT molecular complexity index is 1010. The highest BCUT2D eigenvalue weighted by Crippen LogP contribution is 2.21. The smallest absolute Gasteiger partial charge is 0.226 e.